The number of nitrogens with one attached hydrogen (secondary N) is 1. The summed E-state index contributed by atoms with van der Waals surface area (Å²) in [4.78, 5) is 32.9. The molecule has 0 radical (unpaired) electrons. The van der Waals surface area contributed by atoms with Gasteiger partial charge in [-0.25, -0.2) is 4.79 Å². The van der Waals surface area contributed by atoms with Gasteiger partial charge >= 0.3 is 18.1 Å². The lowest BCUT2D eigenvalue weighted by molar-refractivity contribution is -0.192. The van der Waals surface area contributed by atoms with Crippen LogP contribution in [0.25, 0.3) is 0 Å². The molecular weight excluding hydrogens is 333 g/mol. The Bertz CT molecular complexity index is 515. The number of likely N-dealkylation sites (tertiary alicyclic amines) is 1. The lowest BCUT2D eigenvalue weighted by atomic mass is 10.0. The molecule has 1 saturated heterocycles. The van der Waals surface area contributed by atoms with Crippen molar-refractivity contribution in [2.24, 2.45) is 5.92 Å². The summed E-state index contributed by atoms with van der Waals surface area (Å²) < 4.78 is 31.7. The highest BCUT2D eigenvalue weighted by atomic mass is 19.4. The predicted molar refractivity (Wildman–Crippen MR) is 78.0 cm³/mol. The van der Waals surface area contributed by atoms with Gasteiger partial charge in [0.2, 0.25) is 5.91 Å². The van der Waals surface area contributed by atoms with Gasteiger partial charge in [0.05, 0.1) is 6.17 Å². The first-order chi connectivity index (χ1) is 10.8. The number of hydrogen-bond donors (Lipinski definition) is 3. The molecule has 0 aromatic rings. The van der Waals surface area contributed by atoms with Gasteiger partial charge in [0, 0.05) is 12.8 Å². The molecule has 1 rings (SSSR count). The van der Waals surface area contributed by atoms with E-state index in [0.29, 0.717) is 6.42 Å². The number of carbonyl (C=O) groups is 3. The van der Waals surface area contributed by atoms with Gasteiger partial charge in [-0.15, -0.1) is 0 Å². The van der Waals surface area contributed by atoms with Crippen molar-refractivity contribution in [1.29, 1.82) is 0 Å². The summed E-state index contributed by atoms with van der Waals surface area (Å²) in [6.07, 6.45) is -2.76. The molecule has 0 aromatic heterocycles. The zero-order valence-corrected chi connectivity index (χ0v) is 13.7. The average Bonchev–Trinajstić information content (AvgIpc) is 2.66. The first-order valence-electron chi connectivity index (χ1n) is 6.94. The van der Waals surface area contributed by atoms with Crippen molar-refractivity contribution in [3.8, 4) is 0 Å². The maximum Gasteiger partial charge on any atom is 0.490 e. The lowest BCUT2D eigenvalue weighted by Crippen LogP contribution is -2.48. The van der Waals surface area contributed by atoms with Gasteiger partial charge in [-0.2, -0.15) is 13.2 Å². The van der Waals surface area contributed by atoms with Crippen LogP contribution in [-0.4, -0.2) is 58.4 Å². The Balaban J connectivity index is 0.000000640. The van der Waals surface area contributed by atoms with E-state index in [9.17, 15) is 22.8 Å². The van der Waals surface area contributed by atoms with Crippen molar-refractivity contribution >= 4 is 17.8 Å². The molecule has 3 atom stereocenters. The maximum absolute atomic E-state index is 11.1. The molecular formula is C14H21F3N2O5. The number of carboxylic acids is 2. The van der Waals surface area contributed by atoms with E-state index in [0.717, 1.165) is 5.57 Å². The second kappa shape index (κ2) is 8.67. The van der Waals surface area contributed by atoms with E-state index in [4.69, 9.17) is 15.0 Å². The standard InChI is InChI=1S/C12H20N2O3.C2HF3O2/c1-7(2)5-9-6-10(12(16)17)14(4)11(9)13-8(3)15;3-2(4,5)1(6)7/h5,9-11H,6H2,1-4H3,(H,13,15)(H,16,17);(H,6,7)/t9-,10+,11+;/m0./s1. The summed E-state index contributed by atoms with van der Waals surface area (Å²) in [6.45, 7) is 5.39. The van der Waals surface area contributed by atoms with Gasteiger partial charge in [0.15, 0.2) is 0 Å². The van der Waals surface area contributed by atoms with E-state index >= 15 is 0 Å². The second-order valence-electron chi connectivity index (χ2n) is 5.61. The van der Waals surface area contributed by atoms with Gasteiger partial charge in [-0.3, -0.25) is 14.5 Å². The van der Waals surface area contributed by atoms with Crippen molar-refractivity contribution in [1.82, 2.24) is 10.2 Å². The molecule has 0 unspecified atom stereocenters. The van der Waals surface area contributed by atoms with Gasteiger partial charge in [0.1, 0.15) is 6.04 Å². The molecule has 7 nitrogen and oxygen atoms in total. The van der Waals surface area contributed by atoms with Crippen LogP contribution >= 0.6 is 0 Å². The Labute approximate surface area is 137 Å². The van der Waals surface area contributed by atoms with Crippen LogP contribution in [0.5, 0.6) is 0 Å². The van der Waals surface area contributed by atoms with Crippen LogP contribution in [-0.2, 0) is 14.4 Å². The SMILES string of the molecule is CC(=O)N[C@H]1[C@@H](C=C(C)C)C[C@H](C(=O)O)N1C.O=C(O)C(F)(F)F. The second-order valence-corrected chi connectivity index (χ2v) is 5.61. The quantitative estimate of drug-likeness (QED) is 0.663. The Morgan fingerprint density at radius 2 is 1.62 bits per heavy atom. The van der Waals surface area contributed by atoms with E-state index in [-0.39, 0.29) is 18.0 Å². The molecule has 0 aliphatic carbocycles. The van der Waals surface area contributed by atoms with E-state index in [1.807, 2.05) is 19.9 Å². The topological polar surface area (TPSA) is 107 Å². The summed E-state index contributed by atoms with van der Waals surface area (Å²) in [7, 11) is 1.73. The Morgan fingerprint density at radius 1 is 1.17 bits per heavy atom. The predicted octanol–water partition coefficient (Wildman–Crippen LogP) is 1.45. The first kappa shape index (κ1) is 21.9. The van der Waals surface area contributed by atoms with E-state index in [2.05, 4.69) is 5.32 Å². The van der Waals surface area contributed by atoms with Crippen LogP contribution in [0.1, 0.15) is 27.2 Å². The Hall–Kier alpha value is -2.10. The number of alkyl halides is 3. The van der Waals surface area contributed by atoms with Crippen LogP contribution in [0, 0.1) is 5.92 Å². The third-order valence-electron chi connectivity index (χ3n) is 3.26. The largest absolute Gasteiger partial charge is 0.490 e. The monoisotopic (exact) mass is 354 g/mol. The Morgan fingerprint density at radius 3 is 1.92 bits per heavy atom. The fourth-order valence-electron chi connectivity index (χ4n) is 2.33. The van der Waals surface area contributed by atoms with Gasteiger partial charge in [-0.05, 0) is 27.3 Å². The molecule has 0 spiro atoms. The molecule has 1 amide bonds. The number of amides is 1. The number of carboxylic acid groups (broad SMARTS) is 2. The lowest BCUT2D eigenvalue weighted by Gasteiger charge is -2.25. The molecule has 24 heavy (non-hydrogen) atoms. The number of rotatable bonds is 3. The molecule has 138 valence electrons. The number of likely N-dealkylation sites (N-methyl/N-ethyl adjacent to an activating group) is 1. The molecule has 1 aliphatic rings. The molecule has 0 saturated carbocycles. The highest BCUT2D eigenvalue weighted by Gasteiger charge is 2.41. The molecule has 3 N–H and O–H groups in total. The zero-order chi connectivity index (χ0) is 19.2. The number of aliphatic carboxylic acids is 2. The highest BCUT2D eigenvalue weighted by Crippen LogP contribution is 2.29. The van der Waals surface area contributed by atoms with Gasteiger partial charge < -0.3 is 15.5 Å². The minimum atomic E-state index is -5.08. The minimum Gasteiger partial charge on any atom is -0.480 e. The number of hydrogen-bond acceptors (Lipinski definition) is 4. The number of halogens is 3. The van der Waals surface area contributed by atoms with Crippen LogP contribution < -0.4 is 5.32 Å². The van der Waals surface area contributed by atoms with Gasteiger partial charge in [0.25, 0.3) is 0 Å². The molecule has 10 heteroatoms. The van der Waals surface area contributed by atoms with Crippen molar-refractivity contribution in [2.75, 3.05) is 7.05 Å². The summed E-state index contributed by atoms with van der Waals surface area (Å²) in [5, 5.41) is 19.0. The molecule has 1 fully saturated rings. The van der Waals surface area contributed by atoms with E-state index in [1.54, 1.807) is 11.9 Å². The third-order valence-corrected chi connectivity index (χ3v) is 3.26. The molecule has 0 bridgehead atoms. The van der Waals surface area contributed by atoms with Crippen molar-refractivity contribution < 1.29 is 37.8 Å². The van der Waals surface area contributed by atoms with E-state index < -0.39 is 24.2 Å². The smallest absolute Gasteiger partial charge is 0.480 e. The Kier molecular flexibility index (Phi) is 7.91. The highest BCUT2D eigenvalue weighted by molar-refractivity contribution is 5.76. The van der Waals surface area contributed by atoms with Crippen molar-refractivity contribution in [3.63, 3.8) is 0 Å². The van der Waals surface area contributed by atoms with Crippen LogP contribution in [0.2, 0.25) is 0 Å². The number of nitrogens with zero attached hydrogens (tertiary/aromatic N) is 1. The summed E-state index contributed by atoms with van der Waals surface area (Å²) >= 11 is 0. The normalized spacial score (nSPS) is 23.7. The van der Waals surface area contributed by atoms with Crippen LogP contribution in [0.3, 0.4) is 0 Å². The molecule has 1 aliphatic heterocycles. The average molecular weight is 354 g/mol. The molecule has 1 heterocycles. The maximum atomic E-state index is 11.1. The minimum absolute atomic E-state index is 0.0509. The summed E-state index contributed by atoms with van der Waals surface area (Å²) in [5.41, 5.74) is 1.13. The fourth-order valence-corrected chi connectivity index (χ4v) is 2.33. The third kappa shape index (κ3) is 6.99. The fraction of sp³-hybridized carbons (Fsp3) is 0.643. The van der Waals surface area contributed by atoms with E-state index in [1.165, 1.54) is 6.92 Å². The number of allylic oxidation sites excluding steroid dienone is 1. The number of carbonyl (C=O) groups excluding carboxylic acids is 1. The summed E-state index contributed by atoms with van der Waals surface area (Å²) in [5.74, 6) is -3.69. The van der Waals surface area contributed by atoms with Crippen LogP contribution in [0.4, 0.5) is 13.2 Å². The summed E-state index contributed by atoms with van der Waals surface area (Å²) in [6, 6.07) is -0.535. The van der Waals surface area contributed by atoms with Crippen molar-refractivity contribution in [3.05, 3.63) is 11.6 Å². The van der Waals surface area contributed by atoms with Crippen LogP contribution in [0.15, 0.2) is 11.6 Å². The first-order valence-corrected chi connectivity index (χ1v) is 6.94. The molecule has 0 aromatic carbocycles. The zero-order valence-electron chi connectivity index (χ0n) is 13.7. The van der Waals surface area contributed by atoms with Crippen molar-refractivity contribution in [2.45, 2.75) is 45.6 Å². The van der Waals surface area contributed by atoms with Gasteiger partial charge in [-0.1, -0.05) is 11.6 Å².